The standard InChI is InChI=1S/C21H21FN4O3S/c1-21(2,14-5-4-6-15(10-14)30(3,28)29)11-19-24-12-18(25-26-19)16-9-13(20(23)27)7-8-17(16)22/h4-10,12H,11H2,1-3H3,(H2,23,27). The Kier molecular flexibility index (Phi) is 5.67. The normalized spacial score (nSPS) is 12.0. The number of primary amides is 1. The van der Waals surface area contributed by atoms with Crippen molar-refractivity contribution in [3.63, 3.8) is 0 Å². The maximum absolute atomic E-state index is 14.1. The lowest BCUT2D eigenvalue weighted by atomic mass is 9.81. The van der Waals surface area contributed by atoms with E-state index in [-0.39, 0.29) is 21.7 Å². The van der Waals surface area contributed by atoms with Crippen LogP contribution in [0.4, 0.5) is 4.39 Å². The minimum absolute atomic E-state index is 0.0814. The number of carbonyl (C=O) groups is 1. The van der Waals surface area contributed by atoms with E-state index in [1.165, 1.54) is 18.3 Å². The van der Waals surface area contributed by atoms with Crippen molar-refractivity contribution >= 4 is 15.7 Å². The van der Waals surface area contributed by atoms with Crippen LogP contribution in [0.15, 0.2) is 53.6 Å². The topological polar surface area (TPSA) is 116 Å². The molecule has 0 aliphatic heterocycles. The maximum Gasteiger partial charge on any atom is 0.248 e. The molecule has 0 fully saturated rings. The number of hydrogen-bond acceptors (Lipinski definition) is 6. The molecule has 1 heterocycles. The van der Waals surface area contributed by atoms with Crippen LogP contribution in [-0.4, -0.2) is 35.8 Å². The van der Waals surface area contributed by atoms with E-state index >= 15 is 0 Å². The van der Waals surface area contributed by atoms with Gasteiger partial charge in [0, 0.05) is 23.8 Å². The van der Waals surface area contributed by atoms with Crippen molar-refractivity contribution in [3.8, 4) is 11.3 Å². The van der Waals surface area contributed by atoms with Crippen LogP contribution >= 0.6 is 0 Å². The number of rotatable bonds is 6. The molecule has 3 aromatic rings. The van der Waals surface area contributed by atoms with E-state index in [2.05, 4.69) is 15.2 Å². The van der Waals surface area contributed by atoms with Gasteiger partial charge in [-0.25, -0.2) is 17.8 Å². The Morgan fingerprint density at radius 3 is 2.47 bits per heavy atom. The number of nitrogens with two attached hydrogens (primary N) is 1. The van der Waals surface area contributed by atoms with Crippen LogP contribution in [0.1, 0.15) is 35.6 Å². The highest BCUT2D eigenvalue weighted by Gasteiger charge is 2.24. The Morgan fingerprint density at radius 1 is 1.13 bits per heavy atom. The molecule has 2 N–H and O–H groups in total. The van der Waals surface area contributed by atoms with E-state index in [1.54, 1.807) is 18.2 Å². The SMILES string of the molecule is CC(C)(Cc1ncc(-c2cc(C(N)=O)ccc2F)nn1)c1cccc(S(C)(=O)=O)c1. The first-order valence-corrected chi connectivity index (χ1v) is 11.0. The van der Waals surface area contributed by atoms with Crippen molar-refractivity contribution in [3.05, 3.63) is 71.4 Å². The first-order chi connectivity index (χ1) is 14.0. The zero-order chi connectivity index (χ0) is 22.1. The van der Waals surface area contributed by atoms with Crippen LogP contribution in [0.3, 0.4) is 0 Å². The first kappa shape index (κ1) is 21.5. The maximum atomic E-state index is 14.1. The predicted molar refractivity (Wildman–Crippen MR) is 110 cm³/mol. The summed E-state index contributed by atoms with van der Waals surface area (Å²) >= 11 is 0. The molecule has 3 rings (SSSR count). The van der Waals surface area contributed by atoms with E-state index in [9.17, 15) is 17.6 Å². The highest BCUT2D eigenvalue weighted by molar-refractivity contribution is 7.90. The van der Waals surface area contributed by atoms with E-state index in [0.29, 0.717) is 12.2 Å². The van der Waals surface area contributed by atoms with Gasteiger partial charge in [0.15, 0.2) is 15.7 Å². The van der Waals surface area contributed by atoms with Gasteiger partial charge in [-0.15, -0.1) is 10.2 Å². The largest absolute Gasteiger partial charge is 0.366 e. The molecule has 30 heavy (non-hydrogen) atoms. The average Bonchev–Trinajstić information content (AvgIpc) is 2.68. The molecule has 0 unspecified atom stereocenters. The van der Waals surface area contributed by atoms with Gasteiger partial charge in [-0.1, -0.05) is 26.0 Å². The van der Waals surface area contributed by atoms with Gasteiger partial charge in [0.25, 0.3) is 0 Å². The Bertz CT molecular complexity index is 1210. The van der Waals surface area contributed by atoms with Crippen molar-refractivity contribution in [1.29, 1.82) is 0 Å². The summed E-state index contributed by atoms with van der Waals surface area (Å²) in [5.41, 5.74) is 6.01. The minimum Gasteiger partial charge on any atom is -0.366 e. The summed E-state index contributed by atoms with van der Waals surface area (Å²) in [5.74, 6) is -0.825. The Hall–Kier alpha value is -3.20. The quantitative estimate of drug-likeness (QED) is 0.645. The lowest BCUT2D eigenvalue weighted by Gasteiger charge is -2.24. The Balaban J connectivity index is 1.87. The molecular weight excluding hydrogens is 407 g/mol. The van der Waals surface area contributed by atoms with Gasteiger partial charge in [0.2, 0.25) is 5.91 Å². The van der Waals surface area contributed by atoms with E-state index in [0.717, 1.165) is 17.9 Å². The zero-order valence-corrected chi connectivity index (χ0v) is 17.6. The van der Waals surface area contributed by atoms with Crippen LogP contribution in [0.5, 0.6) is 0 Å². The van der Waals surface area contributed by atoms with Gasteiger partial charge in [0.1, 0.15) is 11.5 Å². The van der Waals surface area contributed by atoms with Crippen LogP contribution in [0.25, 0.3) is 11.3 Å². The third-order valence-corrected chi connectivity index (χ3v) is 5.89. The molecule has 0 atom stereocenters. The van der Waals surface area contributed by atoms with Gasteiger partial charge >= 0.3 is 0 Å². The molecule has 0 saturated heterocycles. The number of hydrogen-bond donors (Lipinski definition) is 1. The van der Waals surface area contributed by atoms with Crippen molar-refractivity contribution in [2.45, 2.75) is 30.6 Å². The fraction of sp³-hybridized carbons (Fsp3) is 0.238. The summed E-state index contributed by atoms with van der Waals surface area (Å²) in [7, 11) is -3.32. The molecule has 7 nitrogen and oxygen atoms in total. The fourth-order valence-corrected chi connectivity index (χ4v) is 3.69. The number of carbonyl (C=O) groups excluding carboxylic acids is 1. The molecule has 0 aliphatic rings. The summed E-state index contributed by atoms with van der Waals surface area (Å²) in [6, 6.07) is 10.5. The molecular formula is C21H21FN4O3S. The molecule has 9 heteroatoms. The third kappa shape index (κ3) is 4.68. The number of benzene rings is 2. The van der Waals surface area contributed by atoms with Crippen LogP contribution in [0.2, 0.25) is 0 Å². The number of amides is 1. The van der Waals surface area contributed by atoms with Gasteiger partial charge in [-0.05, 0) is 41.3 Å². The second kappa shape index (κ2) is 7.91. The molecule has 0 aliphatic carbocycles. The van der Waals surface area contributed by atoms with Crippen molar-refractivity contribution in [2.75, 3.05) is 6.26 Å². The summed E-state index contributed by atoms with van der Waals surface area (Å²) in [5, 5.41) is 8.13. The number of aromatic nitrogens is 3. The predicted octanol–water partition coefficient (Wildman–Crippen LogP) is 2.70. The van der Waals surface area contributed by atoms with Crippen LogP contribution in [0, 0.1) is 5.82 Å². The average molecular weight is 428 g/mol. The van der Waals surface area contributed by atoms with Gasteiger partial charge in [0.05, 0.1) is 11.1 Å². The molecule has 0 spiro atoms. The highest BCUT2D eigenvalue weighted by atomic mass is 32.2. The van der Waals surface area contributed by atoms with Gasteiger partial charge in [-0.3, -0.25) is 4.79 Å². The van der Waals surface area contributed by atoms with Crippen molar-refractivity contribution in [2.24, 2.45) is 5.73 Å². The molecule has 1 aromatic heterocycles. The lowest BCUT2D eigenvalue weighted by molar-refractivity contribution is 0.1000. The zero-order valence-electron chi connectivity index (χ0n) is 16.8. The molecule has 1 amide bonds. The van der Waals surface area contributed by atoms with Gasteiger partial charge in [-0.2, -0.15) is 0 Å². The van der Waals surface area contributed by atoms with E-state index in [4.69, 9.17) is 5.73 Å². The Labute approximate surface area is 174 Å². The molecule has 2 aromatic carbocycles. The number of halogens is 1. The third-order valence-electron chi connectivity index (χ3n) is 4.78. The lowest BCUT2D eigenvalue weighted by Crippen LogP contribution is -2.22. The molecule has 156 valence electrons. The van der Waals surface area contributed by atoms with E-state index in [1.807, 2.05) is 19.9 Å². The van der Waals surface area contributed by atoms with Crippen molar-refractivity contribution < 1.29 is 17.6 Å². The molecule has 0 bridgehead atoms. The summed E-state index contributed by atoms with van der Waals surface area (Å²) < 4.78 is 37.8. The smallest absolute Gasteiger partial charge is 0.248 e. The number of sulfone groups is 1. The monoisotopic (exact) mass is 428 g/mol. The number of nitrogens with zero attached hydrogens (tertiary/aromatic N) is 3. The summed E-state index contributed by atoms with van der Waals surface area (Å²) in [4.78, 5) is 15.9. The summed E-state index contributed by atoms with van der Waals surface area (Å²) in [6.07, 6.45) is 2.93. The fourth-order valence-electron chi connectivity index (χ4n) is 3.02. The highest BCUT2D eigenvalue weighted by Crippen LogP contribution is 2.29. The molecule has 0 radical (unpaired) electrons. The van der Waals surface area contributed by atoms with E-state index < -0.39 is 27.0 Å². The second-order valence-electron chi connectivity index (χ2n) is 7.68. The minimum atomic E-state index is -3.32. The van der Waals surface area contributed by atoms with Crippen LogP contribution in [-0.2, 0) is 21.7 Å². The summed E-state index contributed by atoms with van der Waals surface area (Å²) in [6.45, 7) is 3.89. The van der Waals surface area contributed by atoms with Crippen molar-refractivity contribution in [1.82, 2.24) is 15.2 Å². The first-order valence-electron chi connectivity index (χ1n) is 9.06. The van der Waals surface area contributed by atoms with Crippen LogP contribution < -0.4 is 5.73 Å². The second-order valence-corrected chi connectivity index (χ2v) is 9.69. The Morgan fingerprint density at radius 2 is 1.87 bits per heavy atom. The van der Waals surface area contributed by atoms with Gasteiger partial charge < -0.3 is 5.73 Å². The molecule has 0 saturated carbocycles.